The lowest BCUT2D eigenvalue weighted by Crippen LogP contribution is -2.62. The van der Waals surface area contributed by atoms with E-state index in [4.69, 9.17) is 5.73 Å². The number of primary amides is 1. The largest absolute Gasteiger partial charge is 0.363 e. The summed E-state index contributed by atoms with van der Waals surface area (Å²) >= 11 is 0. The van der Waals surface area contributed by atoms with Gasteiger partial charge in [-0.25, -0.2) is 17.9 Å². The fourth-order valence-corrected chi connectivity index (χ4v) is 7.76. The van der Waals surface area contributed by atoms with E-state index in [0.29, 0.717) is 18.8 Å². The van der Waals surface area contributed by atoms with Crippen LogP contribution in [0.5, 0.6) is 0 Å². The molecule has 0 unspecified atom stereocenters. The summed E-state index contributed by atoms with van der Waals surface area (Å²) in [6.07, 6.45) is 5.85. The molecule has 1 aromatic rings. The maximum absolute atomic E-state index is 14.3. The van der Waals surface area contributed by atoms with Crippen molar-refractivity contribution in [3.8, 4) is 0 Å². The van der Waals surface area contributed by atoms with Crippen LogP contribution in [0.2, 0.25) is 0 Å². The number of hydrogen-bond donors (Lipinski definition) is 5. The topological polar surface area (TPSA) is 197 Å². The van der Waals surface area contributed by atoms with Crippen LogP contribution in [0.3, 0.4) is 0 Å². The van der Waals surface area contributed by atoms with Crippen molar-refractivity contribution in [2.45, 2.75) is 122 Å². The highest BCUT2D eigenvalue weighted by atomic mass is 32.2. The highest BCUT2D eigenvalue weighted by molar-refractivity contribution is 7.89. The van der Waals surface area contributed by atoms with Gasteiger partial charge in [0.2, 0.25) is 27.6 Å². The van der Waals surface area contributed by atoms with Crippen molar-refractivity contribution < 1.29 is 32.4 Å². The Hall–Kier alpha value is -3.52. The first-order valence-electron chi connectivity index (χ1n) is 17.9. The van der Waals surface area contributed by atoms with Crippen LogP contribution >= 0.6 is 0 Å². The zero-order valence-corrected chi connectivity index (χ0v) is 31.5. The number of rotatable bonds is 17. The molecule has 1 heterocycles. The lowest BCUT2D eigenvalue weighted by Gasteiger charge is -2.37. The van der Waals surface area contributed by atoms with Crippen molar-refractivity contribution in [2.24, 2.45) is 34.8 Å². The standard InChI is InChI=1S/C36H58N6O7S/c1-22(2)26-19-20-42(29(26)33(45)39-27(30(43)32(37)44)18-12-15-24-13-11-14-24)34(46)31(36(5,6)7)41-35(47)40-28(23(3)4)21-38-50(48,49)25-16-9-8-10-17-25/h8-10,16-17,22-24,26-29,31,38H,11-15,18-21H2,1-7H3,(H2,37,44)(H,39,45)(H2,40,41,47)/t26-,27-,28-,29+,31-/m1/s1. The van der Waals surface area contributed by atoms with E-state index in [-0.39, 0.29) is 42.2 Å². The molecule has 1 aliphatic carbocycles. The molecule has 5 atom stereocenters. The van der Waals surface area contributed by atoms with E-state index < -0.39 is 69.1 Å². The van der Waals surface area contributed by atoms with Crippen LogP contribution in [-0.4, -0.2) is 80.1 Å². The molecule has 0 spiro atoms. The van der Waals surface area contributed by atoms with E-state index in [0.717, 1.165) is 19.3 Å². The van der Waals surface area contributed by atoms with Crippen LogP contribution < -0.4 is 26.4 Å². The van der Waals surface area contributed by atoms with Crippen molar-refractivity contribution in [3.05, 3.63) is 30.3 Å². The van der Waals surface area contributed by atoms with E-state index >= 15 is 0 Å². The number of benzene rings is 1. The van der Waals surface area contributed by atoms with Crippen LogP contribution in [-0.2, 0) is 29.2 Å². The summed E-state index contributed by atoms with van der Waals surface area (Å²) in [4.78, 5) is 68.0. The number of carbonyl (C=O) groups excluding carboxylic acids is 5. The molecule has 1 aliphatic heterocycles. The minimum Gasteiger partial charge on any atom is -0.363 e. The first-order chi connectivity index (χ1) is 23.3. The van der Waals surface area contributed by atoms with Crippen molar-refractivity contribution in [1.29, 1.82) is 0 Å². The van der Waals surface area contributed by atoms with Crippen LogP contribution in [0.25, 0.3) is 0 Å². The minimum absolute atomic E-state index is 0.0169. The van der Waals surface area contributed by atoms with Crippen LogP contribution in [0.4, 0.5) is 4.79 Å². The first-order valence-corrected chi connectivity index (χ1v) is 19.4. The molecule has 13 nitrogen and oxygen atoms in total. The summed E-state index contributed by atoms with van der Waals surface area (Å²) in [7, 11) is -3.82. The monoisotopic (exact) mass is 718 g/mol. The first kappa shape index (κ1) is 40.9. The Kier molecular flexibility index (Phi) is 14.4. The van der Waals surface area contributed by atoms with Gasteiger partial charge in [0.1, 0.15) is 12.1 Å². The zero-order chi connectivity index (χ0) is 37.4. The second-order valence-corrected chi connectivity index (χ2v) is 17.4. The predicted molar refractivity (Wildman–Crippen MR) is 191 cm³/mol. The number of urea groups is 1. The van der Waals surface area contributed by atoms with Crippen molar-refractivity contribution in [2.75, 3.05) is 13.1 Å². The van der Waals surface area contributed by atoms with E-state index in [9.17, 15) is 32.4 Å². The smallest absolute Gasteiger partial charge is 0.315 e. The molecule has 280 valence electrons. The van der Waals surface area contributed by atoms with Crippen LogP contribution in [0.15, 0.2) is 35.2 Å². The number of nitrogens with zero attached hydrogens (tertiary/aromatic N) is 1. The molecular formula is C36H58N6O7S. The molecule has 0 bridgehead atoms. The quantitative estimate of drug-likeness (QED) is 0.153. The number of Topliss-reactive ketones (excluding diaryl/α,β-unsaturated/α-hetero) is 1. The van der Waals surface area contributed by atoms with Gasteiger partial charge in [-0.15, -0.1) is 0 Å². The number of hydrogen-bond acceptors (Lipinski definition) is 7. The molecule has 50 heavy (non-hydrogen) atoms. The average Bonchev–Trinajstić information content (AvgIpc) is 3.47. The van der Waals surface area contributed by atoms with Crippen molar-refractivity contribution in [3.63, 3.8) is 0 Å². The Bertz CT molecular complexity index is 1460. The average molecular weight is 719 g/mol. The van der Waals surface area contributed by atoms with Gasteiger partial charge in [0.05, 0.1) is 10.9 Å². The number of ketones is 1. The highest BCUT2D eigenvalue weighted by Gasteiger charge is 2.47. The Morgan fingerprint density at radius 3 is 2.10 bits per heavy atom. The van der Waals surface area contributed by atoms with E-state index in [1.165, 1.54) is 23.5 Å². The van der Waals surface area contributed by atoms with Gasteiger partial charge in [-0.05, 0) is 54.1 Å². The molecular weight excluding hydrogens is 660 g/mol. The normalized spacial score (nSPS) is 20.1. The molecule has 0 radical (unpaired) electrons. The maximum atomic E-state index is 14.3. The van der Waals surface area contributed by atoms with Gasteiger partial charge in [-0.1, -0.05) is 98.8 Å². The summed E-state index contributed by atoms with van der Waals surface area (Å²) in [5.41, 5.74) is 4.58. The van der Waals surface area contributed by atoms with Gasteiger partial charge in [-0.2, -0.15) is 0 Å². The second-order valence-electron chi connectivity index (χ2n) is 15.6. The third kappa shape index (κ3) is 11.0. The summed E-state index contributed by atoms with van der Waals surface area (Å²) < 4.78 is 28.2. The van der Waals surface area contributed by atoms with Gasteiger partial charge in [0.15, 0.2) is 0 Å². The molecule has 14 heteroatoms. The summed E-state index contributed by atoms with van der Waals surface area (Å²) in [5, 5.41) is 8.41. The van der Waals surface area contributed by atoms with Gasteiger partial charge >= 0.3 is 6.03 Å². The van der Waals surface area contributed by atoms with Gasteiger partial charge in [0, 0.05) is 19.1 Å². The van der Waals surface area contributed by atoms with Crippen LogP contribution in [0.1, 0.15) is 93.4 Å². The molecule has 1 saturated carbocycles. The fourth-order valence-electron chi connectivity index (χ4n) is 6.68. The third-order valence-corrected chi connectivity index (χ3v) is 11.6. The number of amides is 5. The molecule has 2 fully saturated rings. The summed E-state index contributed by atoms with van der Waals surface area (Å²) in [5.74, 6) is -2.73. The lowest BCUT2D eigenvalue weighted by atomic mass is 9.81. The predicted octanol–water partition coefficient (Wildman–Crippen LogP) is 3.09. The third-order valence-electron chi connectivity index (χ3n) is 10.1. The van der Waals surface area contributed by atoms with Crippen molar-refractivity contribution >= 4 is 39.6 Å². The Morgan fingerprint density at radius 2 is 1.58 bits per heavy atom. The van der Waals surface area contributed by atoms with Crippen LogP contribution in [0, 0.1) is 29.1 Å². The molecule has 3 rings (SSSR count). The van der Waals surface area contributed by atoms with Gasteiger partial charge in [0.25, 0.3) is 5.91 Å². The summed E-state index contributed by atoms with van der Waals surface area (Å²) in [6.45, 7) is 13.2. The molecule has 0 aromatic heterocycles. The fraction of sp³-hybridized carbons (Fsp3) is 0.694. The second kappa shape index (κ2) is 17.6. The number of sulfonamides is 1. The molecule has 1 saturated heterocycles. The van der Waals surface area contributed by atoms with E-state index in [2.05, 4.69) is 20.7 Å². The van der Waals surface area contributed by atoms with E-state index in [1.807, 2.05) is 27.7 Å². The Balaban J connectivity index is 1.76. The molecule has 2 aliphatic rings. The Labute approximate surface area is 297 Å². The van der Waals surface area contributed by atoms with Gasteiger partial charge in [-0.3, -0.25) is 19.2 Å². The number of nitrogens with two attached hydrogens (primary N) is 1. The zero-order valence-electron chi connectivity index (χ0n) is 30.7. The summed E-state index contributed by atoms with van der Waals surface area (Å²) in [6, 6.07) is 3.59. The molecule has 1 aromatic carbocycles. The maximum Gasteiger partial charge on any atom is 0.315 e. The SMILES string of the molecule is CC(C)[C@H]1CCN(C(=O)[C@@H](NC(=O)N[C@H](CNS(=O)(=O)c2ccccc2)C(C)C)C(C)(C)C)[C@@H]1C(=O)N[C@H](CCCC1CCC1)C(=O)C(N)=O. The molecule has 6 N–H and O–H groups in total. The number of nitrogens with one attached hydrogen (secondary N) is 4. The highest BCUT2D eigenvalue weighted by Crippen LogP contribution is 2.34. The Morgan fingerprint density at radius 1 is 0.940 bits per heavy atom. The minimum atomic E-state index is -3.82. The number of carbonyl (C=O) groups is 5. The van der Waals surface area contributed by atoms with Crippen molar-refractivity contribution in [1.82, 2.24) is 25.6 Å². The van der Waals surface area contributed by atoms with E-state index in [1.54, 1.807) is 39.0 Å². The lowest BCUT2D eigenvalue weighted by molar-refractivity contribution is -0.144. The molecule has 5 amide bonds. The van der Waals surface area contributed by atoms with Gasteiger partial charge < -0.3 is 26.6 Å². The number of likely N-dealkylation sites (tertiary alicyclic amines) is 1.